The van der Waals surface area contributed by atoms with Crippen LogP contribution in [-0.4, -0.2) is 53.0 Å². The Kier molecular flexibility index (Phi) is 9.32. The molecule has 0 aliphatic heterocycles. The number of phenolic OH excluding ortho intramolecular Hbond substituents is 1. The van der Waals surface area contributed by atoms with Crippen LogP contribution in [0, 0.1) is 5.92 Å². The zero-order valence-corrected chi connectivity index (χ0v) is 22.5. The Morgan fingerprint density at radius 1 is 0.868 bits per heavy atom. The average Bonchev–Trinajstić information content (AvgIpc) is 2.94. The van der Waals surface area contributed by atoms with Gasteiger partial charge in [-0.15, -0.1) is 0 Å². The van der Waals surface area contributed by atoms with E-state index in [4.69, 9.17) is 29.4 Å². The molecule has 38 heavy (non-hydrogen) atoms. The van der Waals surface area contributed by atoms with Crippen LogP contribution in [-0.2, 0) is 0 Å². The smallest absolute Gasteiger partial charge is 0.203 e. The first-order valence-corrected chi connectivity index (χ1v) is 11.9. The van der Waals surface area contributed by atoms with Gasteiger partial charge in [0.15, 0.2) is 28.8 Å². The number of nitrogen functional groups attached to an aromatic ring is 1. The predicted molar refractivity (Wildman–Crippen MR) is 149 cm³/mol. The lowest BCUT2D eigenvalue weighted by atomic mass is 9.98. The molecule has 3 aromatic rings. The molecule has 1 atom stereocenters. The van der Waals surface area contributed by atoms with Crippen LogP contribution in [0.3, 0.4) is 0 Å². The summed E-state index contributed by atoms with van der Waals surface area (Å²) in [6, 6.07) is 12.1. The summed E-state index contributed by atoms with van der Waals surface area (Å²) in [5.41, 5.74) is 8.75. The van der Waals surface area contributed by atoms with E-state index in [2.05, 4.69) is 5.32 Å². The molecule has 0 bridgehead atoms. The normalized spacial score (nSPS) is 11.6. The van der Waals surface area contributed by atoms with Gasteiger partial charge in [-0.05, 0) is 48.0 Å². The second kappa shape index (κ2) is 12.6. The zero-order chi connectivity index (χ0) is 27.8. The minimum absolute atomic E-state index is 0.0621. The van der Waals surface area contributed by atoms with Crippen molar-refractivity contribution < 1.29 is 33.6 Å². The fourth-order valence-corrected chi connectivity index (χ4v) is 3.98. The van der Waals surface area contributed by atoms with Gasteiger partial charge in [0.2, 0.25) is 5.75 Å². The van der Waals surface area contributed by atoms with E-state index in [1.165, 1.54) is 14.2 Å². The van der Waals surface area contributed by atoms with Gasteiger partial charge in [-0.2, -0.15) is 0 Å². The van der Waals surface area contributed by atoms with E-state index < -0.39 is 5.92 Å². The van der Waals surface area contributed by atoms with E-state index in [0.717, 1.165) is 5.56 Å². The molecule has 0 amide bonds. The maximum absolute atomic E-state index is 13.0. The van der Waals surface area contributed by atoms with Crippen molar-refractivity contribution in [2.75, 3.05) is 53.1 Å². The number of Topliss-reactive ketones (excluding diaryl/α,β-unsaturated/α-hetero) is 1. The summed E-state index contributed by atoms with van der Waals surface area (Å²) in [7, 11) is 7.65. The Balaban J connectivity index is 1.87. The number of nitrogens with two attached hydrogens (primary N) is 1. The maximum Gasteiger partial charge on any atom is 0.203 e. The SMILES string of the molecule is COc1ccc(C(=O)C(C)CNc2c(/C=C\c3cc(OC)c(OC)c(OC)c3)ccc(OC)c2O)cc1N. The van der Waals surface area contributed by atoms with Crippen molar-refractivity contribution in [3.05, 3.63) is 59.2 Å². The molecule has 202 valence electrons. The maximum atomic E-state index is 13.0. The summed E-state index contributed by atoms with van der Waals surface area (Å²) in [5, 5.41) is 14.1. The third-order valence-corrected chi connectivity index (χ3v) is 6.08. The number of nitrogens with one attached hydrogen (secondary N) is 1. The average molecular weight is 523 g/mol. The second-order valence-electron chi connectivity index (χ2n) is 8.48. The van der Waals surface area contributed by atoms with Crippen molar-refractivity contribution in [2.45, 2.75) is 6.92 Å². The monoisotopic (exact) mass is 522 g/mol. The molecule has 0 aromatic heterocycles. The molecule has 0 heterocycles. The van der Waals surface area contributed by atoms with Gasteiger partial charge in [0.1, 0.15) is 5.75 Å². The summed E-state index contributed by atoms with van der Waals surface area (Å²) in [6.07, 6.45) is 3.68. The first kappa shape index (κ1) is 28.0. The quantitative estimate of drug-likeness (QED) is 0.129. The minimum atomic E-state index is -0.416. The highest BCUT2D eigenvalue weighted by atomic mass is 16.5. The van der Waals surface area contributed by atoms with Crippen molar-refractivity contribution in [3.63, 3.8) is 0 Å². The molecule has 3 aromatic carbocycles. The Hall–Kier alpha value is -4.53. The standard InChI is InChI=1S/C29H34N2O7/c1-17(27(32)20-10-11-22(34-2)21(30)15-20)16-31-26-19(9-12-23(35-3)28(26)33)8-7-18-13-24(36-4)29(38-6)25(14-18)37-5/h7-15,17,31,33H,16,30H2,1-6H3/b8-7-. The van der Waals surface area contributed by atoms with E-state index in [-0.39, 0.29) is 18.1 Å². The predicted octanol–water partition coefficient (Wildman–Crippen LogP) is 5.12. The number of methoxy groups -OCH3 is 5. The largest absolute Gasteiger partial charge is 0.503 e. The zero-order valence-electron chi connectivity index (χ0n) is 22.5. The van der Waals surface area contributed by atoms with Gasteiger partial charge in [-0.3, -0.25) is 4.79 Å². The molecule has 0 spiro atoms. The molecular weight excluding hydrogens is 488 g/mol. The number of carbonyl (C=O) groups is 1. The lowest BCUT2D eigenvalue weighted by Crippen LogP contribution is -2.21. The van der Waals surface area contributed by atoms with Crippen LogP contribution in [0.2, 0.25) is 0 Å². The fraction of sp³-hybridized carbons (Fsp3) is 0.276. The fourth-order valence-electron chi connectivity index (χ4n) is 3.98. The van der Waals surface area contributed by atoms with E-state index in [9.17, 15) is 9.90 Å². The molecule has 4 N–H and O–H groups in total. The van der Waals surface area contributed by atoms with Crippen LogP contribution in [0.4, 0.5) is 11.4 Å². The van der Waals surface area contributed by atoms with E-state index in [0.29, 0.717) is 51.2 Å². The van der Waals surface area contributed by atoms with Gasteiger partial charge in [0, 0.05) is 23.6 Å². The Morgan fingerprint density at radius 3 is 2.03 bits per heavy atom. The Labute approximate surface area is 222 Å². The lowest BCUT2D eigenvalue weighted by molar-refractivity contribution is 0.0936. The first-order valence-electron chi connectivity index (χ1n) is 11.9. The molecular formula is C29H34N2O7. The number of carbonyl (C=O) groups excluding carboxylic acids is 1. The van der Waals surface area contributed by atoms with Crippen LogP contribution >= 0.6 is 0 Å². The number of ketones is 1. The number of ether oxygens (including phenoxy) is 5. The molecule has 3 rings (SSSR count). The molecule has 9 heteroatoms. The summed E-state index contributed by atoms with van der Waals surface area (Å²) in [6.45, 7) is 2.06. The van der Waals surface area contributed by atoms with Crippen LogP contribution in [0.1, 0.15) is 28.4 Å². The number of anilines is 2. The summed E-state index contributed by atoms with van der Waals surface area (Å²) >= 11 is 0. The number of benzene rings is 3. The van der Waals surface area contributed by atoms with Gasteiger partial charge in [0.25, 0.3) is 0 Å². The van der Waals surface area contributed by atoms with Gasteiger partial charge < -0.3 is 39.8 Å². The van der Waals surface area contributed by atoms with Crippen LogP contribution in [0.15, 0.2) is 42.5 Å². The molecule has 0 radical (unpaired) electrons. The van der Waals surface area contributed by atoms with E-state index in [1.54, 1.807) is 52.5 Å². The lowest BCUT2D eigenvalue weighted by Gasteiger charge is -2.18. The van der Waals surface area contributed by atoms with Crippen molar-refractivity contribution in [1.29, 1.82) is 0 Å². The molecule has 9 nitrogen and oxygen atoms in total. The van der Waals surface area contributed by atoms with Crippen molar-refractivity contribution in [3.8, 4) is 34.5 Å². The highest BCUT2D eigenvalue weighted by Gasteiger charge is 2.19. The Bertz CT molecular complexity index is 1300. The summed E-state index contributed by atoms with van der Waals surface area (Å²) in [5.74, 6) is 1.78. The minimum Gasteiger partial charge on any atom is -0.503 e. The van der Waals surface area contributed by atoms with Crippen molar-refractivity contribution >= 4 is 29.3 Å². The highest BCUT2D eigenvalue weighted by Crippen LogP contribution is 2.40. The Morgan fingerprint density at radius 2 is 1.47 bits per heavy atom. The van der Waals surface area contributed by atoms with Crippen LogP contribution < -0.4 is 34.7 Å². The van der Waals surface area contributed by atoms with Crippen LogP contribution in [0.5, 0.6) is 34.5 Å². The second-order valence-corrected chi connectivity index (χ2v) is 8.48. The van der Waals surface area contributed by atoms with Gasteiger partial charge in [-0.25, -0.2) is 0 Å². The molecule has 0 saturated carbocycles. The number of hydrogen-bond donors (Lipinski definition) is 3. The molecule has 0 aliphatic carbocycles. The van der Waals surface area contributed by atoms with Crippen molar-refractivity contribution in [1.82, 2.24) is 0 Å². The number of phenols is 1. The first-order chi connectivity index (χ1) is 18.3. The molecule has 0 fully saturated rings. The summed E-state index contributed by atoms with van der Waals surface area (Å²) < 4.78 is 26.7. The topological polar surface area (TPSA) is 122 Å². The third-order valence-electron chi connectivity index (χ3n) is 6.08. The van der Waals surface area contributed by atoms with Gasteiger partial charge in [-0.1, -0.05) is 19.1 Å². The van der Waals surface area contributed by atoms with Crippen LogP contribution in [0.25, 0.3) is 12.2 Å². The number of aromatic hydroxyl groups is 1. The summed E-state index contributed by atoms with van der Waals surface area (Å²) in [4.78, 5) is 13.0. The molecule has 1 unspecified atom stereocenters. The number of rotatable bonds is 12. The van der Waals surface area contributed by atoms with Gasteiger partial charge >= 0.3 is 0 Å². The van der Waals surface area contributed by atoms with Gasteiger partial charge in [0.05, 0.1) is 46.9 Å². The van der Waals surface area contributed by atoms with Crippen molar-refractivity contribution in [2.24, 2.45) is 5.92 Å². The molecule has 0 aliphatic rings. The number of hydrogen-bond acceptors (Lipinski definition) is 9. The highest BCUT2D eigenvalue weighted by molar-refractivity contribution is 5.99. The molecule has 0 saturated heterocycles. The third kappa shape index (κ3) is 6.05. The van der Waals surface area contributed by atoms with E-state index >= 15 is 0 Å². The van der Waals surface area contributed by atoms with E-state index in [1.807, 2.05) is 30.4 Å².